The van der Waals surface area contributed by atoms with Gasteiger partial charge in [-0.05, 0) is 31.2 Å². The Morgan fingerprint density at radius 3 is 2.74 bits per heavy atom. The second-order valence-corrected chi connectivity index (χ2v) is 6.03. The standard InChI is InChI=1S/C14H24N2O3/c1-8(2)12-13(17)16-10(5-6-15-12)9(3)7-11(16)14(18)19-4/h8-12,15H,5-7H2,1-4H3/t9-,10-,11+,12-/m1/s1. The maximum atomic E-state index is 12.7. The third-order valence-electron chi connectivity index (χ3n) is 4.41. The van der Waals surface area contributed by atoms with Gasteiger partial charge in [-0.3, -0.25) is 4.79 Å². The lowest BCUT2D eigenvalue weighted by Crippen LogP contribution is -2.52. The molecule has 5 nitrogen and oxygen atoms in total. The van der Waals surface area contributed by atoms with Gasteiger partial charge in [0, 0.05) is 6.04 Å². The van der Waals surface area contributed by atoms with Crippen molar-refractivity contribution in [2.24, 2.45) is 11.8 Å². The van der Waals surface area contributed by atoms with Crippen LogP contribution in [-0.4, -0.2) is 48.6 Å². The molecule has 5 heteroatoms. The molecule has 4 atom stereocenters. The van der Waals surface area contributed by atoms with Crippen molar-refractivity contribution in [1.82, 2.24) is 10.2 Å². The first-order valence-corrected chi connectivity index (χ1v) is 7.10. The lowest BCUT2D eigenvalue weighted by molar-refractivity contribution is -0.153. The minimum Gasteiger partial charge on any atom is -0.467 e. The average molecular weight is 268 g/mol. The molecule has 2 saturated heterocycles. The Balaban J connectivity index is 2.29. The van der Waals surface area contributed by atoms with Crippen molar-refractivity contribution < 1.29 is 14.3 Å². The second-order valence-electron chi connectivity index (χ2n) is 6.03. The number of methoxy groups -OCH3 is 1. The fourth-order valence-corrected chi connectivity index (χ4v) is 3.37. The molecule has 108 valence electrons. The monoisotopic (exact) mass is 268 g/mol. The molecule has 0 unspecified atom stereocenters. The molecule has 0 saturated carbocycles. The Bertz CT molecular complexity index is 370. The van der Waals surface area contributed by atoms with Gasteiger partial charge in [0.1, 0.15) is 6.04 Å². The smallest absolute Gasteiger partial charge is 0.328 e. The number of hydrogen-bond acceptors (Lipinski definition) is 4. The number of carbonyl (C=O) groups is 2. The predicted molar refractivity (Wildman–Crippen MR) is 71.5 cm³/mol. The van der Waals surface area contributed by atoms with E-state index >= 15 is 0 Å². The van der Waals surface area contributed by atoms with Crippen LogP contribution in [0.3, 0.4) is 0 Å². The van der Waals surface area contributed by atoms with Crippen LogP contribution in [0.2, 0.25) is 0 Å². The molecule has 2 fully saturated rings. The highest BCUT2D eigenvalue weighted by Crippen LogP contribution is 2.34. The van der Waals surface area contributed by atoms with Crippen molar-refractivity contribution in [2.45, 2.75) is 51.7 Å². The molecule has 0 bridgehead atoms. The van der Waals surface area contributed by atoms with E-state index in [2.05, 4.69) is 12.2 Å². The molecule has 1 N–H and O–H groups in total. The van der Waals surface area contributed by atoms with Crippen LogP contribution < -0.4 is 5.32 Å². The van der Waals surface area contributed by atoms with Crippen molar-refractivity contribution >= 4 is 11.9 Å². The van der Waals surface area contributed by atoms with Gasteiger partial charge in [-0.25, -0.2) is 4.79 Å². The first-order valence-electron chi connectivity index (χ1n) is 7.10. The zero-order chi connectivity index (χ0) is 14.2. The molecule has 19 heavy (non-hydrogen) atoms. The number of nitrogens with zero attached hydrogens (tertiary/aromatic N) is 1. The molecule has 0 spiro atoms. The van der Waals surface area contributed by atoms with Crippen molar-refractivity contribution in [1.29, 1.82) is 0 Å². The Hall–Kier alpha value is -1.10. The van der Waals surface area contributed by atoms with E-state index in [1.54, 1.807) is 4.90 Å². The quantitative estimate of drug-likeness (QED) is 0.752. The van der Waals surface area contributed by atoms with E-state index in [-0.39, 0.29) is 29.9 Å². The van der Waals surface area contributed by atoms with E-state index in [4.69, 9.17) is 4.74 Å². The summed E-state index contributed by atoms with van der Waals surface area (Å²) in [5.41, 5.74) is 0. The lowest BCUT2D eigenvalue weighted by atomic mass is 9.99. The maximum absolute atomic E-state index is 12.7. The summed E-state index contributed by atoms with van der Waals surface area (Å²) in [4.78, 5) is 26.4. The van der Waals surface area contributed by atoms with E-state index in [0.717, 1.165) is 13.0 Å². The number of amides is 1. The Morgan fingerprint density at radius 2 is 2.16 bits per heavy atom. The van der Waals surface area contributed by atoms with Gasteiger partial charge in [-0.15, -0.1) is 0 Å². The van der Waals surface area contributed by atoms with Gasteiger partial charge in [-0.2, -0.15) is 0 Å². The molecule has 2 aliphatic rings. The van der Waals surface area contributed by atoms with Crippen molar-refractivity contribution in [3.63, 3.8) is 0 Å². The number of esters is 1. The van der Waals surface area contributed by atoms with Crippen LogP contribution in [0.5, 0.6) is 0 Å². The van der Waals surface area contributed by atoms with E-state index < -0.39 is 6.04 Å². The fourth-order valence-electron chi connectivity index (χ4n) is 3.37. The molecule has 0 aliphatic carbocycles. The van der Waals surface area contributed by atoms with Crippen molar-refractivity contribution in [2.75, 3.05) is 13.7 Å². The van der Waals surface area contributed by atoms with Crippen LogP contribution in [-0.2, 0) is 14.3 Å². The summed E-state index contributed by atoms with van der Waals surface area (Å²) in [5.74, 6) is 0.338. The van der Waals surface area contributed by atoms with Crippen LogP contribution in [0.25, 0.3) is 0 Å². The summed E-state index contributed by atoms with van der Waals surface area (Å²) in [5, 5.41) is 3.31. The molecule has 2 aliphatic heterocycles. The highest BCUT2D eigenvalue weighted by Gasteiger charge is 2.48. The van der Waals surface area contributed by atoms with Crippen LogP contribution >= 0.6 is 0 Å². The zero-order valence-electron chi connectivity index (χ0n) is 12.2. The summed E-state index contributed by atoms with van der Waals surface area (Å²) < 4.78 is 4.86. The largest absolute Gasteiger partial charge is 0.467 e. The van der Waals surface area contributed by atoms with Gasteiger partial charge in [-0.1, -0.05) is 20.8 Å². The first kappa shape index (κ1) is 14.3. The summed E-state index contributed by atoms with van der Waals surface area (Å²) >= 11 is 0. The summed E-state index contributed by atoms with van der Waals surface area (Å²) in [6.07, 6.45) is 1.62. The predicted octanol–water partition coefficient (Wildman–Crippen LogP) is 0.783. The Labute approximate surface area is 114 Å². The summed E-state index contributed by atoms with van der Waals surface area (Å²) in [6, 6.07) is -0.436. The Morgan fingerprint density at radius 1 is 1.47 bits per heavy atom. The molecular weight excluding hydrogens is 244 g/mol. The van der Waals surface area contributed by atoms with Crippen LogP contribution in [0.1, 0.15) is 33.6 Å². The van der Waals surface area contributed by atoms with E-state index in [1.807, 2.05) is 13.8 Å². The highest BCUT2D eigenvalue weighted by molar-refractivity contribution is 5.89. The van der Waals surface area contributed by atoms with E-state index in [9.17, 15) is 9.59 Å². The number of fused-ring (bicyclic) bond motifs is 1. The molecule has 1 amide bonds. The first-order chi connectivity index (χ1) is 8.97. The minimum atomic E-state index is -0.404. The van der Waals surface area contributed by atoms with Crippen LogP contribution in [0, 0.1) is 11.8 Å². The minimum absolute atomic E-state index is 0.0530. The van der Waals surface area contributed by atoms with Gasteiger partial charge in [0.05, 0.1) is 13.2 Å². The Kier molecular flexibility index (Phi) is 4.13. The van der Waals surface area contributed by atoms with E-state index in [1.165, 1.54) is 7.11 Å². The third-order valence-corrected chi connectivity index (χ3v) is 4.41. The number of rotatable bonds is 2. The number of carbonyl (C=O) groups excluding carboxylic acids is 2. The molecule has 0 aromatic heterocycles. The van der Waals surface area contributed by atoms with Crippen LogP contribution in [0.15, 0.2) is 0 Å². The topological polar surface area (TPSA) is 58.6 Å². The van der Waals surface area contributed by atoms with Crippen LogP contribution in [0.4, 0.5) is 0 Å². The van der Waals surface area contributed by atoms with E-state index in [0.29, 0.717) is 12.3 Å². The average Bonchev–Trinajstić information content (AvgIpc) is 2.58. The van der Waals surface area contributed by atoms with Crippen molar-refractivity contribution in [3.8, 4) is 0 Å². The number of nitrogens with one attached hydrogen (secondary N) is 1. The normalized spacial score (nSPS) is 35.2. The van der Waals surface area contributed by atoms with Gasteiger partial charge >= 0.3 is 5.97 Å². The van der Waals surface area contributed by atoms with Gasteiger partial charge in [0.25, 0.3) is 0 Å². The fraction of sp³-hybridized carbons (Fsp3) is 0.857. The number of ether oxygens (including phenoxy) is 1. The molecule has 2 heterocycles. The summed E-state index contributed by atoms with van der Waals surface area (Å²) in [7, 11) is 1.39. The molecule has 2 rings (SSSR count). The van der Waals surface area contributed by atoms with Crippen molar-refractivity contribution in [3.05, 3.63) is 0 Å². The van der Waals surface area contributed by atoms with Gasteiger partial charge < -0.3 is 15.0 Å². The zero-order valence-corrected chi connectivity index (χ0v) is 12.2. The highest BCUT2D eigenvalue weighted by atomic mass is 16.5. The maximum Gasteiger partial charge on any atom is 0.328 e. The van der Waals surface area contributed by atoms with Gasteiger partial charge in [0.15, 0.2) is 0 Å². The lowest BCUT2D eigenvalue weighted by Gasteiger charge is -2.31. The molecule has 0 radical (unpaired) electrons. The third kappa shape index (κ3) is 2.48. The number of hydrogen-bond donors (Lipinski definition) is 1. The summed E-state index contributed by atoms with van der Waals surface area (Å²) in [6.45, 7) is 7.00. The molecule has 0 aromatic carbocycles. The second kappa shape index (κ2) is 5.49. The van der Waals surface area contributed by atoms with Gasteiger partial charge in [0.2, 0.25) is 5.91 Å². The SMILES string of the molecule is COC(=O)[C@@H]1C[C@@H](C)[C@H]2CCN[C@H](C(C)C)C(=O)N21. The molecular formula is C14H24N2O3. The molecule has 0 aromatic rings.